The summed E-state index contributed by atoms with van der Waals surface area (Å²) >= 11 is 1.54. The van der Waals surface area contributed by atoms with Crippen LogP contribution < -0.4 is 5.32 Å². The van der Waals surface area contributed by atoms with Crippen molar-refractivity contribution in [3.8, 4) is 0 Å². The monoisotopic (exact) mass is 242 g/mol. The molecular formula is C11H18N2O2S. The minimum atomic E-state index is -0.146. The fourth-order valence-electron chi connectivity index (χ4n) is 1.23. The summed E-state index contributed by atoms with van der Waals surface area (Å²) in [6, 6.07) is 0. The van der Waals surface area contributed by atoms with Gasteiger partial charge in [-0.2, -0.15) is 0 Å². The number of nitrogens with one attached hydrogen (secondary N) is 1. The summed E-state index contributed by atoms with van der Waals surface area (Å²) in [5.41, 5.74) is 0.494. The number of carbonyl (C=O) groups is 1. The van der Waals surface area contributed by atoms with Gasteiger partial charge in [0.15, 0.2) is 0 Å². The number of carbonyl (C=O) groups excluding carboxylic acids is 1. The van der Waals surface area contributed by atoms with Gasteiger partial charge in [-0.25, -0.2) is 4.98 Å². The molecule has 1 amide bonds. The zero-order chi connectivity index (χ0) is 11.8. The van der Waals surface area contributed by atoms with Crippen molar-refractivity contribution in [3.05, 3.63) is 16.1 Å². The fraction of sp³-hybridized carbons (Fsp3) is 0.636. The van der Waals surface area contributed by atoms with E-state index in [1.54, 1.807) is 5.38 Å². The van der Waals surface area contributed by atoms with Crippen molar-refractivity contribution in [1.82, 2.24) is 10.3 Å². The van der Waals surface area contributed by atoms with Crippen LogP contribution in [-0.2, 0) is 6.42 Å². The van der Waals surface area contributed by atoms with E-state index >= 15 is 0 Å². The van der Waals surface area contributed by atoms with E-state index in [0.29, 0.717) is 18.7 Å². The van der Waals surface area contributed by atoms with E-state index in [1.165, 1.54) is 11.3 Å². The Bertz CT molecular complexity index is 326. The van der Waals surface area contributed by atoms with Gasteiger partial charge in [0.2, 0.25) is 0 Å². The highest BCUT2D eigenvalue weighted by Gasteiger charge is 2.09. The molecule has 4 nitrogen and oxygen atoms in total. The van der Waals surface area contributed by atoms with Crippen LogP contribution in [0.25, 0.3) is 0 Å². The van der Waals surface area contributed by atoms with E-state index in [0.717, 1.165) is 24.3 Å². The summed E-state index contributed by atoms with van der Waals surface area (Å²) < 4.78 is 0. The summed E-state index contributed by atoms with van der Waals surface area (Å²) in [7, 11) is 0. The summed E-state index contributed by atoms with van der Waals surface area (Å²) in [6.45, 7) is 2.73. The highest BCUT2D eigenvalue weighted by atomic mass is 32.1. The Morgan fingerprint density at radius 3 is 3.06 bits per heavy atom. The number of aryl methyl sites for hydroxylation is 1. The minimum Gasteiger partial charge on any atom is -0.396 e. The third kappa shape index (κ3) is 4.28. The van der Waals surface area contributed by atoms with Crippen LogP contribution in [0, 0.1) is 0 Å². The van der Waals surface area contributed by atoms with Gasteiger partial charge in [-0.3, -0.25) is 4.79 Å². The topological polar surface area (TPSA) is 62.2 Å². The molecule has 0 unspecified atom stereocenters. The minimum absolute atomic E-state index is 0.0963. The predicted octanol–water partition coefficient (Wildman–Crippen LogP) is 1.60. The highest BCUT2D eigenvalue weighted by molar-refractivity contribution is 7.09. The molecule has 90 valence electrons. The molecule has 0 aromatic carbocycles. The molecule has 2 N–H and O–H groups in total. The van der Waals surface area contributed by atoms with Crippen molar-refractivity contribution < 1.29 is 9.90 Å². The SMILES string of the molecule is CCCCc1nc(C(=O)NCCCO)cs1. The lowest BCUT2D eigenvalue weighted by molar-refractivity contribution is 0.0946. The van der Waals surface area contributed by atoms with E-state index < -0.39 is 0 Å². The Hall–Kier alpha value is -0.940. The van der Waals surface area contributed by atoms with Crippen molar-refractivity contribution in [2.45, 2.75) is 32.6 Å². The first-order chi connectivity index (χ1) is 7.77. The Balaban J connectivity index is 2.40. The maximum atomic E-state index is 11.6. The lowest BCUT2D eigenvalue weighted by Crippen LogP contribution is -2.25. The van der Waals surface area contributed by atoms with Crippen molar-refractivity contribution in [1.29, 1.82) is 0 Å². The van der Waals surface area contributed by atoms with Crippen molar-refractivity contribution in [2.75, 3.05) is 13.2 Å². The molecule has 5 heteroatoms. The van der Waals surface area contributed by atoms with E-state index in [1.807, 2.05) is 0 Å². The van der Waals surface area contributed by atoms with Gasteiger partial charge in [-0.1, -0.05) is 13.3 Å². The summed E-state index contributed by atoms with van der Waals surface area (Å²) in [6.07, 6.45) is 3.78. The molecule has 1 aromatic heterocycles. The fourth-order valence-corrected chi connectivity index (χ4v) is 2.05. The second-order valence-corrected chi connectivity index (χ2v) is 4.51. The molecular weight excluding hydrogens is 224 g/mol. The number of aliphatic hydroxyl groups is 1. The molecule has 0 fully saturated rings. The Labute approximate surface area is 99.7 Å². The zero-order valence-electron chi connectivity index (χ0n) is 9.53. The second kappa shape index (κ2) is 7.35. The van der Waals surface area contributed by atoms with E-state index in [-0.39, 0.29) is 12.5 Å². The first-order valence-electron chi connectivity index (χ1n) is 5.61. The van der Waals surface area contributed by atoms with Gasteiger partial charge >= 0.3 is 0 Å². The van der Waals surface area contributed by atoms with Gasteiger partial charge in [-0.15, -0.1) is 11.3 Å². The highest BCUT2D eigenvalue weighted by Crippen LogP contribution is 2.12. The Kier molecular flexibility index (Phi) is 6.03. The molecule has 1 heterocycles. The van der Waals surface area contributed by atoms with Crippen molar-refractivity contribution in [2.24, 2.45) is 0 Å². The van der Waals surface area contributed by atoms with Gasteiger partial charge < -0.3 is 10.4 Å². The van der Waals surface area contributed by atoms with Crippen LogP contribution in [0.1, 0.15) is 41.7 Å². The van der Waals surface area contributed by atoms with Crippen molar-refractivity contribution >= 4 is 17.2 Å². The lowest BCUT2D eigenvalue weighted by Gasteiger charge is -2.00. The van der Waals surface area contributed by atoms with Gasteiger partial charge in [0.05, 0.1) is 5.01 Å². The smallest absolute Gasteiger partial charge is 0.270 e. The quantitative estimate of drug-likeness (QED) is 0.714. The third-order valence-electron chi connectivity index (χ3n) is 2.15. The molecule has 0 bridgehead atoms. The number of thiazole rings is 1. The first-order valence-corrected chi connectivity index (χ1v) is 6.49. The van der Waals surface area contributed by atoms with E-state index in [4.69, 9.17) is 5.11 Å². The van der Waals surface area contributed by atoms with Crippen LogP contribution in [0.15, 0.2) is 5.38 Å². The normalized spacial score (nSPS) is 10.4. The largest absolute Gasteiger partial charge is 0.396 e. The predicted molar refractivity (Wildman–Crippen MR) is 64.8 cm³/mol. The maximum absolute atomic E-state index is 11.6. The summed E-state index contributed by atoms with van der Waals surface area (Å²) in [4.78, 5) is 15.8. The van der Waals surface area contributed by atoms with Crippen LogP contribution in [-0.4, -0.2) is 29.1 Å². The Morgan fingerprint density at radius 1 is 1.56 bits per heavy atom. The molecule has 1 aromatic rings. The lowest BCUT2D eigenvalue weighted by atomic mass is 10.3. The molecule has 0 spiro atoms. The number of nitrogens with zero attached hydrogens (tertiary/aromatic N) is 1. The zero-order valence-corrected chi connectivity index (χ0v) is 10.3. The molecule has 0 radical (unpaired) electrons. The third-order valence-corrected chi connectivity index (χ3v) is 3.06. The number of hydrogen-bond donors (Lipinski definition) is 2. The number of unbranched alkanes of at least 4 members (excludes halogenated alkanes) is 1. The van der Waals surface area contributed by atoms with Gasteiger partial charge in [0.1, 0.15) is 5.69 Å². The molecule has 0 aliphatic carbocycles. The standard InChI is InChI=1S/C11H18N2O2S/c1-2-3-5-10-13-9(8-16-10)11(15)12-6-4-7-14/h8,14H,2-7H2,1H3,(H,12,15). The molecule has 0 saturated carbocycles. The average molecular weight is 242 g/mol. The van der Waals surface area contributed by atoms with Crippen LogP contribution in [0.3, 0.4) is 0 Å². The second-order valence-electron chi connectivity index (χ2n) is 3.56. The Morgan fingerprint density at radius 2 is 2.38 bits per heavy atom. The first kappa shape index (κ1) is 13.1. The van der Waals surface area contributed by atoms with E-state index in [9.17, 15) is 4.79 Å². The van der Waals surface area contributed by atoms with Crippen LogP contribution in [0.4, 0.5) is 0 Å². The molecule has 0 atom stereocenters. The van der Waals surface area contributed by atoms with E-state index in [2.05, 4.69) is 17.2 Å². The van der Waals surface area contributed by atoms with Gasteiger partial charge in [0, 0.05) is 18.5 Å². The van der Waals surface area contributed by atoms with Crippen LogP contribution in [0.2, 0.25) is 0 Å². The number of amides is 1. The summed E-state index contributed by atoms with van der Waals surface area (Å²) in [5.74, 6) is -0.146. The van der Waals surface area contributed by atoms with Crippen LogP contribution >= 0.6 is 11.3 Å². The number of aliphatic hydroxyl groups excluding tert-OH is 1. The van der Waals surface area contributed by atoms with Gasteiger partial charge in [-0.05, 0) is 19.3 Å². The van der Waals surface area contributed by atoms with Gasteiger partial charge in [0.25, 0.3) is 5.91 Å². The molecule has 16 heavy (non-hydrogen) atoms. The molecule has 1 rings (SSSR count). The average Bonchev–Trinajstić information content (AvgIpc) is 2.75. The number of hydrogen-bond acceptors (Lipinski definition) is 4. The summed E-state index contributed by atoms with van der Waals surface area (Å²) in [5, 5.41) is 14.1. The van der Waals surface area contributed by atoms with Crippen LogP contribution in [0.5, 0.6) is 0 Å². The molecule has 0 aliphatic heterocycles. The molecule has 0 aliphatic rings. The molecule has 0 saturated heterocycles. The number of aromatic nitrogens is 1. The maximum Gasteiger partial charge on any atom is 0.270 e. The van der Waals surface area contributed by atoms with Crippen molar-refractivity contribution in [3.63, 3.8) is 0 Å². The number of rotatable bonds is 7.